The Labute approximate surface area is 167 Å². The molecular formula is C24H28N2O2. The first kappa shape index (κ1) is 18.7. The number of carbonyl (C=O) groups excluding carboxylic acids is 2. The van der Waals surface area contributed by atoms with E-state index in [1.807, 2.05) is 53.1 Å². The first-order valence-corrected chi connectivity index (χ1v) is 10.3. The van der Waals surface area contributed by atoms with Crippen LogP contribution in [0, 0.1) is 5.41 Å². The van der Waals surface area contributed by atoms with Crippen molar-refractivity contribution in [1.29, 1.82) is 0 Å². The van der Waals surface area contributed by atoms with Gasteiger partial charge in [0.05, 0.1) is 0 Å². The highest BCUT2D eigenvalue weighted by molar-refractivity contribution is 5.95. The van der Waals surface area contributed by atoms with Crippen molar-refractivity contribution in [2.24, 2.45) is 5.41 Å². The molecule has 2 fully saturated rings. The molecule has 2 heterocycles. The lowest BCUT2D eigenvalue weighted by Crippen LogP contribution is -2.55. The summed E-state index contributed by atoms with van der Waals surface area (Å²) in [5.74, 6) is 0.365. The highest BCUT2D eigenvalue weighted by Crippen LogP contribution is 2.39. The molecule has 0 aromatic heterocycles. The van der Waals surface area contributed by atoms with Crippen LogP contribution in [0.4, 0.5) is 0 Å². The molecule has 2 aliphatic heterocycles. The molecule has 4 rings (SSSR count). The van der Waals surface area contributed by atoms with Crippen molar-refractivity contribution in [3.63, 3.8) is 0 Å². The summed E-state index contributed by atoms with van der Waals surface area (Å²) in [5.41, 5.74) is 3.00. The average molecular weight is 377 g/mol. The zero-order valence-corrected chi connectivity index (χ0v) is 16.6. The maximum atomic E-state index is 13.3. The molecule has 0 bridgehead atoms. The standard InChI is InChI=1S/C24H28N2O2/c1-2-25-17-24(14-12-22(25)27)13-7-15-26(18-24)23(28)21-11-6-10-20(16-21)19-8-4-3-5-9-19/h3-6,8-11,16H,2,7,12-15,17-18H2,1H3. The molecule has 0 radical (unpaired) electrons. The van der Waals surface area contributed by atoms with E-state index in [-0.39, 0.29) is 17.2 Å². The van der Waals surface area contributed by atoms with Crippen molar-refractivity contribution in [1.82, 2.24) is 9.80 Å². The quantitative estimate of drug-likeness (QED) is 0.805. The predicted molar refractivity (Wildman–Crippen MR) is 111 cm³/mol. The summed E-state index contributed by atoms with van der Waals surface area (Å²) in [4.78, 5) is 29.4. The van der Waals surface area contributed by atoms with Gasteiger partial charge in [-0.15, -0.1) is 0 Å². The van der Waals surface area contributed by atoms with E-state index in [0.29, 0.717) is 6.42 Å². The van der Waals surface area contributed by atoms with Crippen LogP contribution >= 0.6 is 0 Å². The molecule has 4 heteroatoms. The Hall–Kier alpha value is -2.62. The van der Waals surface area contributed by atoms with E-state index in [0.717, 1.165) is 62.1 Å². The summed E-state index contributed by atoms with van der Waals surface area (Å²) in [5, 5.41) is 0. The number of rotatable bonds is 3. The normalized spacial score (nSPS) is 22.5. The highest BCUT2D eigenvalue weighted by Gasteiger charge is 2.42. The van der Waals surface area contributed by atoms with Gasteiger partial charge in [0.2, 0.25) is 5.91 Å². The van der Waals surface area contributed by atoms with Crippen molar-refractivity contribution in [3.8, 4) is 11.1 Å². The number of carbonyl (C=O) groups is 2. The van der Waals surface area contributed by atoms with E-state index in [9.17, 15) is 9.59 Å². The number of amides is 2. The molecule has 28 heavy (non-hydrogen) atoms. The molecule has 2 aromatic rings. The van der Waals surface area contributed by atoms with Gasteiger partial charge in [0.1, 0.15) is 0 Å². The molecule has 0 aliphatic carbocycles. The highest BCUT2D eigenvalue weighted by atomic mass is 16.2. The van der Waals surface area contributed by atoms with Gasteiger partial charge in [0.25, 0.3) is 5.91 Å². The number of benzene rings is 2. The smallest absolute Gasteiger partial charge is 0.253 e. The second-order valence-corrected chi connectivity index (χ2v) is 8.19. The van der Waals surface area contributed by atoms with Gasteiger partial charge >= 0.3 is 0 Å². The molecule has 4 nitrogen and oxygen atoms in total. The number of piperidine rings is 2. The van der Waals surface area contributed by atoms with Crippen LogP contribution in [0.15, 0.2) is 54.6 Å². The first-order chi connectivity index (χ1) is 13.6. The molecule has 2 aliphatic rings. The Morgan fingerprint density at radius 3 is 2.57 bits per heavy atom. The fourth-order valence-corrected chi connectivity index (χ4v) is 4.75. The number of hydrogen-bond acceptors (Lipinski definition) is 2. The Morgan fingerprint density at radius 2 is 1.79 bits per heavy atom. The molecule has 2 saturated heterocycles. The summed E-state index contributed by atoms with van der Waals surface area (Å²) in [6.07, 6.45) is 3.62. The number of hydrogen-bond donors (Lipinski definition) is 0. The van der Waals surface area contributed by atoms with Gasteiger partial charge in [-0.05, 0) is 49.4 Å². The Balaban J connectivity index is 1.53. The monoisotopic (exact) mass is 376 g/mol. The Kier molecular flexibility index (Phi) is 5.21. The predicted octanol–water partition coefficient (Wildman–Crippen LogP) is 4.22. The van der Waals surface area contributed by atoms with Crippen LogP contribution < -0.4 is 0 Å². The summed E-state index contributed by atoms with van der Waals surface area (Å²) in [6, 6.07) is 18.1. The zero-order valence-electron chi connectivity index (χ0n) is 16.6. The summed E-state index contributed by atoms with van der Waals surface area (Å²) in [6.45, 7) is 5.14. The average Bonchev–Trinajstić information content (AvgIpc) is 2.76. The molecule has 0 saturated carbocycles. The van der Waals surface area contributed by atoms with Crippen molar-refractivity contribution in [2.75, 3.05) is 26.2 Å². The van der Waals surface area contributed by atoms with Crippen molar-refractivity contribution >= 4 is 11.8 Å². The van der Waals surface area contributed by atoms with Crippen molar-refractivity contribution in [3.05, 3.63) is 60.2 Å². The second-order valence-electron chi connectivity index (χ2n) is 8.19. The van der Waals surface area contributed by atoms with E-state index < -0.39 is 0 Å². The van der Waals surface area contributed by atoms with Gasteiger partial charge in [-0.1, -0.05) is 42.5 Å². The summed E-state index contributed by atoms with van der Waals surface area (Å²) < 4.78 is 0. The van der Waals surface area contributed by atoms with Crippen LogP contribution in [0.2, 0.25) is 0 Å². The third-order valence-corrected chi connectivity index (χ3v) is 6.30. The summed E-state index contributed by atoms with van der Waals surface area (Å²) >= 11 is 0. The van der Waals surface area contributed by atoms with Gasteiger partial charge in [0, 0.05) is 43.6 Å². The number of likely N-dealkylation sites (tertiary alicyclic amines) is 2. The molecule has 2 aromatic carbocycles. The minimum Gasteiger partial charge on any atom is -0.342 e. The van der Waals surface area contributed by atoms with E-state index in [4.69, 9.17) is 0 Å². The third kappa shape index (κ3) is 3.68. The lowest BCUT2D eigenvalue weighted by Gasteiger charge is -2.48. The molecule has 1 spiro atoms. The van der Waals surface area contributed by atoms with Gasteiger partial charge < -0.3 is 9.80 Å². The maximum absolute atomic E-state index is 13.3. The lowest BCUT2D eigenvalue weighted by molar-refractivity contribution is -0.138. The maximum Gasteiger partial charge on any atom is 0.253 e. The van der Waals surface area contributed by atoms with Gasteiger partial charge in [-0.25, -0.2) is 0 Å². The van der Waals surface area contributed by atoms with E-state index in [1.165, 1.54) is 0 Å². The molecule has 1 atom stereocenters. The largest absolute Gasteiger partial charge is 0.342 e. The zero-order chi connectivity index (χ0) is 19.6. The van der Waals surface area contributed by atoms with Gasteiger partial charge in [-0.2, -0.15) is 0 Å². The molecule has 146 valence electrons. The van der Waals surface area contributed by atoms with Crippen LogP contribution in [-0.4, -0.2) is 47.8 Å². The van der Waals surface area contributed by atoms with Crippen molar-refractivity contribution in [2.45, 2.75) is 32.6 Å². The second kappa shape index (κ2) is 7.78. The number of nitrogens with zero attached hydrogens (tertiary/aromatic N) is 2. The fraction of sp³-hybridized carbons (Fsp3) is 0.417. The minimum atomic E-state index is 0.0644. The fourth-order valence-electron chi connectivity index (χ4n) is 4.75. The lowest BCUT2D eigenvalue weighted by atomic mass is 9.73. The SMILES string of the molecule is CCN1CC2(CCCN(C(=O)c3cccc(-c4ccccc4)c3)C2)CCC1=O. The van der Waals surface area contributed by atoms with Gasteiger partial charge in [0.15, 0.2) is 0 Å². The Morgan fingerprint density at radius 1 is 1.00 bits per heavy atom. The molecule has 1 unspecified atom stereocenters. The van der Waals surface area contributed by atoms with Crippen LogP contribution in [0.3, 0.4) is 0 Å². The third-order valence-electron chi connectivity index (χ3n) is 6.30. The van der Waals surface area contributed by atoms with E-state index in [1.54, 1.807) is 0 Å². The van der Waals surface area contributed by atoms with Crippen LogP contribution in [0.1, 0.15) is 43.0 Å². The molecular weight excluding hydrogens is 348 g/mol. The van der Waals surface area contributed by atoms with E-state index in [2.05, 4.69) is 18.2 Å². The van der Waals surface area contributed by atoms with Crippen LogP contribution in [0.5, 0.6) is 0 Å². The van der Waals surface area contributed by atoms with Crippen LogP contribution in [-0.2, 0) is 4.79 Å². The first-order valence-electron chi connectivity index (χ1n) is 10.3. The van der Waals surface area contributed by atoms with E-state index >= 15 is 0 Å². The topological polar surface area (TPSA) is 40.6 Å². The van der Waals surface area contributed by atoms with Crippen molar-refractivity contribution < 1.29 is 9.59 Å². The van der Waals surface area contributed by atoms with Gasteiger partial charge in [-0.3, -0.25) is 9.59 Å². The summed E-state index contributed by atoms with van der Waals surface area (Å²) in [7, 11) is 0. The molecule has 0 N–H and O–H groups in total. The molecule has 2 amide bonds. The van der Waals surface area contributed by atoms with Crippen LogP contribution in [0.25, 0.3) is 11.1 Å². The minimum absolute atomic E-state index is 0.0644. The Bertz CT molecular complexity index is 864.